The van der Waals surface area contributed by atoms with Gasteiger partial charge in [-0.3, -0.25) is 0 Å². The van der Waals surface area contributed by atoms with Gasteiger partial charge in [0.05, 0.1) is 12.7 Å². The summed E-state index contributed by atoms with van der Waals surface area (Å²) >= 11 is 0. The summed E-state index contributed by atoms with van der Waals surface area (Å²) in [5.41, 5.74) is 7.57. The fourth-order valence-electron chi connectivity index (χ4n) is 1.79. The first-order valence-corrected chi connectivity index (χ1v) is 5.39. The molecular formula is C14H13NO3. The maximum absolute atomic E-state index is 11.0. The lowest BCUT2D eigenvalue weighted by molar-refractivity contribution is 0.0698. The van der Waals surface area contributed by atoms with E-state index in [1.807, 2.05) is 24.3 Å². The molecule has 0 aliphatic rings. The third kappa shape index (κ3) is 2.13. The van der Waals surface area contributed by atoms with E-state index in [-0.39, 0.29) is 11.3 Å². The highest BCUT2D eigenvalue weighted by Gasteiger charge is 2.11. The molecule has 18 heavy (non-hydrogen) atoms. The van der Waals surface area contributed by atoms with Gasteiger partial charge in [0.2, 0.25) is 0 Å². The van der Waals surface area contributed by atoms with E-state index in [2.05, 4.69) is 0 Å². The van der Waals surface area contributed by atoms with Crippen LogP contribution in [0.15, 0.2) is 42.5 Å². The molecule has 4 heteroatoms. The Morgan fingerprint density at radius 2 is 1.94 bits per heavy atom. The van der Waals surface area contributed by atoms with Gasteiger partial charge < -0.3 is 15.6 Å². The van der Waals surface area contributed by atoms with Crippen LogP contribution < -0.4 is 10.5 Å². The molecule has 0 aromatic heterocycles. The second-order valence-corrected chi connectivity index (χ2v) is 3.81. The predicted molar refractivity (Wildman–Crippen MR) is 69.8 cm³/mol. The molecule has 0 atom stereocenters. The Kier molecular flexibility index (Phi) is 3.19. The fourth-order valence-corrected chi connectivity index (χ4v) is 1.79. The molecule has 0 saturated carbocycles. The molecule has 0 spiro atoms. The number of carboxylic acid groups (broad SMARTS) is 1. The average molecular weight is 243 g/mol. The minimum atomic E-state index is -1.04. The lowest BCUT2D eigenvalue weighted by atomic mass is 10.0. The highest BCUT2D eigenvalue weighted by molar-refractivity contribution is 5.95. The molecule has 0 bridgehead atoms. The minimum Gasteiger partial charge on any atom is -0.496 e. The molecule has 0 aliphatic heterocycles. The van der Waals surface area contributed by atoms with Gasteiger partial charge in [0.1, 0.15) is 5.75 Å². The van der Waals surface area contributed by atoms with E-state index in [9.17, 15) is 4.79 Å². The first-order valence-electron chi connectivity index (χ1n) is 5.39. The summed E-state index contributed by atoms with van der Waals surface area (Å²) in [6.07, 6.45) is 0. The van der Waals surface area contributed by atoms with Crippen LogP contribution in [0.5, 0.6) is 5.75 Å². The van der Waals surface area contributed by atoms with E-state index in [0.29, 0.717) is 5.75 Å². The van der Waals surface area contributed by atoms with Crippen molar-refractivity contribution < 1.29 is 14.6 Å². The van der Waals surface area contributed by atoms with E-state index in [1.54, 1.807) is 25.3 Å². The summed E-state index contributed by atoms with van der Waals surface area (Å²) in [5.74, 6) is -0.345. The molecule has 0 fully saturated rings. The molecular weight excluding hydrogens is 230 g/mol. The van der Waals surface area contributed by atoms with E-state index in [4.69, 9.17) is 15.6 Å². The van der Waals surface area contributed by atoms with E-state index >= 15 is 0 Å². The second-order valence-electron chi connectivity index (χ2n) is 3.81. The topological polar surface area (TPSA) is 72.5 Å². The van der Waals surface area contributed by atoms with Crippen LogP contribution in [0.25, 0.3) is 11.1 Å². The summed E-state index contributed by atoms with van der Waals surface area (Å²) in [5, 5.41) is 9.05. The number of carbonyl (C=O) groups is 1. The highest BCUT2D eigenvalue weighted by Crippen LogP contribution is 2.31. The van der Waals surface area contributed by atoms with Gasteiger partial charge in [-0.25, -0.2) is 4.79 Å². The molecule has 2 aromatic rings. The molecule has 0 saturated heterocycles. The van der Waals surface area contributed by atoms with Crippen LogP contribution in [0.2, 0.25) is 0 Å². The summed E-state index contributed by atoms with van der Waals surface area (Å²) in [7, 11) is 1.58. The van der Waals surface area contributed by atoms with Crippen LogP contribution in [0.3, 0.4) is 0 Å². The normalized spacial score (nSPS) is 10.1. The van der Waals surface area contributed by atoms with E-state index in [1.165, 1.54) is 0 Å². The Labute approximate surface area is 105 Å². The molecule has 0 amide bonds. The molecule has 0 unspecified atom stereocenters. The van der Waals surface area contributed by atoms with Gasteiger partial charge in [-0.05, 0) is 23.8 Å². The molecule has 2 rings (SSSR count). The van der Waals surface area contributed by atoms with Crippen molar-refractivity contribution in [2.24, 2.45) is 0 Å². The number of ether oxygens (including phenoxy) is 1. The molecule has 0 radical (unpaired) electrons. The maximum atomic E-state index is 11.0. The van der Waals surface area contributed by atoms with Crippen LogP contribution >= 0.6 is 0 Å². The average Bonchev–Trinajstić information content (AvgIpc) is 2.39. The third-order valence-electron chi connectivity index (χ3n) is 2.70. The van der Waals surface area contributed by atoms with Gasteiger partial charge in [0.15, 0.2) is 0 Å². The monoisotopic (exact) mass is 243 g/mol. The van der Waals surface area contributed by atoms with E-state index < -0.39 is 5.97 Å². The van der Waals surface area contributed by atoms with Crippen molar-refractivity contribution in [3.8, 4) is 16.9 Å². The van der Waals surface area contributed by atoms with Crippen molar-refractivity contribution in [3.05, 3.63) is 48.0 Å². The maximum Gasteiger partial charge on any atom is 0.337 e. The molecule has 0 heterocycles. The van der Waals surface area contributed by atoms with Crippen LogP contribution in [0.1, 0.15) is 10.4 Å². The second kappa shape index (κ2) is 4.79. The number of nitrogens with two attached hydrogens (primary N) is 1. The molecule has 92 valence electrons. The molecule has 4 nitrogen and oxygen atoms in total. The van der Waals surface area contributed by atoms with Crippen molar-refractivity contribution >= 4 is 11.7 Å². The summed E-state index contributed by atoms with van der Waals surface area (Å²) in [4.78, 5) is 11.0. The Morgan fingerprint density at radius 3 is 2.61 bits per heavy atom. The van der Waals surface area contributed by atoms with Crippen LogP contribution in [-0.4, -0.2) is 18.2 Å². The fraction of sp³-hybridized carbons (Fsp3) is 0.0714. The minimum absolute atomic E-state index is 0.0957. The Morgan fingerprint density at radius 1 is 1.22 bits per heavy atom. The molecule has 2 aromatic carbocycles. The van der Waals surface area contributed by atoms with Crippen molar-refractivity contribution in [1.29, 1.82) is 0 Å². The largest absolute Gasteiger partial charge is 0.496 e. The summed E-state index contributed by atoms with van der Waals surface area (Å²) in [6.45, 7) is 0. The lowest BCUT2D eigenvalue weighted by Gasteiger charge is -2.10. The zero-order valence-electron chi connectivity index (χ0n) is 9.88. The number of aromatic carboxylic acids is 1. The third-order valence-corrected chi connectivity index (χ3v) is 2.70. The van der Waals surface area contributed by atoms with Crippen LogP contribution in [0, 0.1) is 0 Å². The van der Waals surface area contributed by atoms with Crippen molar-refractivity contribution in [2.75, 3.05) is 12.8 Å². The smallest absolute Gasteiger partial charge is 0.337 e. The number of hydrogen-bond donors (Lipinski definition) is 2. The first kappa shape index (κ1) is 12.0. The van der Waals surface area contributed by atoms with Crippen LogP contribution in [-0.2, 0) is 0 Å². The zero-order valence-corrected chi connectivity index (χ0v) is 9.88. The first-order chi connectivity index (χ1) is 8.63. The quantitative estimate of drug-likeness (QED) is 0.813. The van der Waals surface area contributed by atoms with Crippen LogP contribution in [0.4, 0.5) is 5.69 Å². The molecule has 3 N–H and O–H groups in total. The number of hydrogen-bond acceptors (Lipinski definition) is 3. The number of rotatable bonds is 3. The van der Waals surface area contributed by atoms with Gasteiger partial charge >= 0.3 is 5.97 Å². The number of anilines is 1. The highest BCUT2D eigenvalue weighted by atomic mass is 16.5. The van der Waals surface area contributed by atoms with Gasteiger partial charge in [-0.15, -0.1) is 0 Å². The standard InChI is InChI=1S/C14H13NO3/c1-18-13-5-3-2-4-10(13)9-6-7-12(15)11(8-9)14(16)17/h2-8H,15H2,1H3,(H,16,17). The number of methoxy groups -OCH3 is 1. The number of para-hydroxylation sites is 1. The van der Waals surface area contributed by atoms with Gasteiger partial charge in [0.25, 0.3) is 0 Å². The lowest BCUT2D eigenvalue weighted by Crippen LogP contribution is -2.02. The Bertz CT molecular complexity index is 593. The predicted octanol–water partition coefficient (Wildman–Crippen LogP) is 2.64. The number of benzene rings is 2. The Hall–Kier alpha value is -2.49. The van der Waals surface area contributed by atoms with Crippen molar-refractivity contribution in [3.63, 3.8) is 0 Å². The van der Waals surface area contributed by atoms with Gasteiger partial charge in [-0.2, -0.15) is 0 Å². The Balaban J connectivity index is 2.58. The van der Waals surface area contributed by atoms with Crippen molar-refractivity contribution in [2.45, 2.75) is 0 Å². The summed E-state index contributed by atoms with van der Waals surface area (Å²) < 4.78 is 5.25. The SMILES string of the molecule is COc1ccccc1-c1ccc(N)c(C(=O)O)c1. The molecule has 0 aliphatic carbocycles. The number of nitrogen functional groups attached to an aromatic ring is 1. The zero-order chi connectivity index (χ0) is 13.1. The van der Waals surface area contributed by atoms with E-state index in [0.717, 1.165) is 11.1 Å². The summed E-state index contributed by atoms with van der Waals surface area (Å²) in [6, 6.07) is 12.3. The van der Waals surface area contributed by atoms with Gasteiger partial charge in [0, 0.05) is 11.3 Å². The number of carboxylic acids is 1. The van der Waals surface area contributed by atoms with Gasteiger partial charge in [-0.1, -0.05) is 24.3 Å². The van der Waals surface area contributed by atoms with Crippen molar-refractivity contribution in [1.82, 2.24) is 0 Å².